The normalized spacial score (nSPS) is 24.1. The lowest BCUT2D eigenvalue weighted by Gasteiger charge is -2.32. The molecule has 4 heterocycles. The Labute approximate surface area is 321 Å². The van der Waals surface area contributed by atoms with Crippen LogP contribution in [0.15, 0.2) is 113 Å². The van der Waals surface area contributed by atoms with E-state index in [1.165, 1.54) is 10.0 Å². The predicted octanol–water partition coefficient (Wildman–Crippen LogP) is 6.48. The van der Waals surface area contributed by atoms with Crippen LogP contribution >= 0.6 is 0 Å². The van der Waals surface area contributed by atoms with Gasteiger partial charge in [-0.2, -0.15) is 10.2 Å². The highest BCUT2D eigenvalue weighted by atomic mass is 28.4. The molecule has 1 spiro atoms. The van der Waals surface area contributed by atoms with Gasteiger partial charge in [0.1, 0.15) is 0 Å². The van der Waals surface area contributed by atoms with Crippen LogP contribution in [-0.4, -0.2) is 60.1 Å². The van der Waals surface area contributed by atoms with Crippen LogP contribution in [-0.2, 0) is 31.3 Å². The van der Waals surface area contributed by atoms with Crippen molar-refractivity contribution in [2.75, 3.05) is 21.5 Å². The van der Waals surface area contributed by atoms with E-state index in [1.807, 2.05) is 123 Å². The van der Waals surface area contributed by atoms with Crippen LogP contribution in [0.4, 0.5) is 17.1 Å². The Morgan fingerprint density at radius 2 is 1.31 bits per heavy atom. The van der Waals surface area contributed by atoms with E-state index in [9.17, 15) is 19.5 Å². The third-order valence-corrected chi connectivity index (χ3v) is 13.9. The van der Waals surface area contributed by atoms with E-state index in [-0.39, 0.29) is 49.3 Å². The number of benzene rings is 4. The number of carbonyl (C=O) groups is 3. The number of aliphatic hydroxyl groups excluding tert-OH is 1. The fourth-order valence-corrected chi connectivity index (χ4v) is 11.5. The van der Waals surface area contributed by atoms with E-state index in [0.29, 0.717) is 41.9 Å². The van der Waals surface area contributed by atoms with Gasteiger partial charge in [-0.1, -0.05) is 79.7 Å². The molecular formula is C43H45N5O6Si. The molecule has 4 aromatic carbocycles. The Hall–Kier alpha value is -5.27. The first kappa shape index (κ1) is 36.7. The van der Waals surface area contributed by atoms with Crippen molar-refractivity contribution < 1.29 is 29.0 Å². The lowest BCUT2D eigenvalue weighted by atomic mass is 9.82. The van der Waals surface area contributed by atoms with Crippen molar-refractivity contribution in [2.24, 2.45) is 16.1 Å². The largest absolute Gasteiger partial charge is 0.432 e. The van der Waals surface area contributed by atoms with Crippen molar-refractivity contribution in [3.63, 3.8) is 0 Å². The van der Waals surface area contributed by atoms with Gasteiger partial charge in [-0.25, -0.2) is 10.0 Å². The number of hydrogen-bond donors (Lipinski definition) is 2. The number of rotatable bonds is 9. The van der Waals surface area contributed by atoms with Crippen molar-refractivity contribution in [3.8, 4) is 0 Å². The van der Waals surface area contributed by atoms with Gasteiger partial charge >= 0.3 is 0 Å². The molecule has 0 aromatic heterocycles. The second-order valence-electron chi connectivity index (χ2n) is 15.4. The molecule has 0 unspecified atom stereocenters. The number of hydrazone groups is 2. The fraction of sp³-hybridized carbons (Fsp3) is 0.326. The summed E-state index contributed by atoms with van der Waals surface area (Å²) in [7, 11) is -2.92. The zero-order valence-corrected chi connectivity index (χ0v) is 32.3. The van der Waals surface area contributed by atoms with E-state index >= 15 is 4.79 Å². The molecule has 0 saturated carbocycles. The van der Waals surface area contributed by atoms with E-state index in [0.717, 1.165) is 28.1 Å². The van der Waals surface area contributed by atoms with Crippen molar-refractivity contribution in [1.82, 2.24) is 0 Å². The Morgan fingerprint density at radius 3 is 1.85 bits per heavy atom. The maximum atomic E-state index is 15.0. The summed E-state index contributed by atoms with van der Waals surface area (Å²) in [4.78, 5) is 54.7. The van der Waals surface area contributed by atoms with Gasteiger partial charge < -0.3 is 19.5 Å². The van der Waals surface area contributed by atoms with Gasteiger partial charge in [0.15, 0.2) is 13.9 Å². The molecule has 8 rings (SSSR count). The van der Waals surface area contributed by atoms with E-state index in [2.05, 4.69) is 0 Å². The highest BCUT2D eigenvalue weighted by Gasteiger charge is 2.66. The van der Waals surface area contributed by atoms with Crippen LogP contribution in [0.5, 0.6) is 0 Å². The molecule has 4 aromatic rings. The van der Waals surface area contributed by atoms with Crippen molar-refractivity contribution in [2.45, 2.75) is 75.9 Å². The molecule has 3 amide bonds. The Balaban J connectivity index is 1.16. The second kappa shape index (κ2) is 14.4. The molecule has 4 atom stereocenters. The highest BCUT2D eigenvalue weighted by Crippen LogP contribution is 2.60. The van der Waals surface area contributed by atoms with E-state index < -0.39 is 25.9 Å². The molecule has 2 N–H and O–H groups in total. The molecule has 1 saturated heterocycles. The van der Waals surface area contributed by atoms with Gasteiger partial charge in [-0.15, -0.1) is 0 Å². The molecule has 1 fully saturated rings. The Kier molecular flexibility index (Phi) is 9.62. The highest BCUT2D eigenvalue weighted by molar-refractivity contribution is 6.71. The second-order valence-corrected chi connectivity index (χ2v) is 19.3. The number of anilines is 3. The van der Waals surface area contributed by atoms with Crippen molar-refractivity contribution in [1.29, 1.82) is 0 Å². The minimum absolute atomic E-state index is 0.0871. The number of ether oxygens (including phenoxy) is 1. The van der Waals surface area contributed by atoms with Crippen LogP contribution in [0.2, 0.25) is 18.6 Å². The molecule has 0 bridgehead atoms. The molecule has 0 aliphatic carbocycles. The van der Waals surface area contributed by atoms with E-state index in [4.69, 9.17) is 14.9 Å². The van der Waals surface area contributed by atoms with Gasteiger partial charge in [0.25, 0.3) is 5.91 Å². The molecule has 4 aliphatic rings. The maximum Gasteiger partial charge on any atom is 0.264 e. The molecule has 11 nitrogen and oxygen atoms in total. The Morgan fingerprint density at radius 1 is 0.764 bits per heavy atom. The van der Waals surface area contributed by atoms with Gasteiger partial charge in [-0.05, 0) is 66.5 Å². The van der Waals surface area contributed by atoms with Crippen molar-refractivity contribution in [3.05, 3.63) is 125 Å². The fourth-order valence-electron chi connectivity index (χ4n) is 8.86. The number of hydrogen-bond acceptors (Lipinski definition) is 8. The standard InChI is InChI=1S/C43H45N5O6Si/c1-28-41(55(2,3)53)38(24-25-49)54-43(28)34-26-33(48-40(51)23-20-36(45-48)31-12-8-5-9-13-31)18-21-37(34)46(42(43)52)27-29-14-16-32(17-15-29)47-39(50)22-19-35(44-47)30-10-6-4-7-11-30/h4-18,21,26,28,38,41,49,53H,19-20,22-25,27H2,1-3H3/t28-,38+,41-,43+/m0/s1. The third kappa shape index (κ3) is 6.52. The summed E-state index contributed by atoms with van der Waals surface area (Å²) >= 11 is 0. The lowest BCUT2D eigenvalue weighted by molar-refractivity contribution is -0.146. The predicted molar refractivity (Wildman–Crippen MR) is 214 cm³/mol. The first-order valence-corrected chi connectivity index (χ1v) is 22.0. The van der Waals surface area contributed by atoms with Gasteiger partial charge in [0.05, 0.1) is 41.1 Å². The monoisotopic (exact) mass is 755 g/mol. The number of amides is 3. The van der Waals surface area contributed by atoms with Crippen LogP contribution in [0.25, 0.3) is 0 Å². The average Bonchev–Trinajstić information content (AvgIpc) is 3.62. The minimum Gasteiger partial charge on any atom is -0.432 e. The Bertz CT molecular complexity index is 2190. The van der Waals surface area contributed by atoms with Crippen LogP contribution in [0.1, 0.15) is 61.3 Å². The van der Waals surface area contributed by atoms with Crippen LogP contribution in [0, 0.1) is 5.92 Å². The molecular weight excluding hydrogens is 711 g/mol. The molecule has 282 valence electrons. The summed E-state index contributed by atoms with van der Waals surface area (Å²) in [5, 5.41) is 22.4. The molecule has 55 heavy (non-hydrogen) atoms. The van der Waals surface area contributed by atoms with E-state index in [1.54, 1.807) is 4.90 Å². The third-order valence-electron chi connectivity index (χ3n) is 11.4. The number of nitrogens with zero attached hydrogens (tertiary/aromatic N) is 5. The van der Waals surface area contributed by atoms with Gasteiger partial charge in [0.2, 0.25) is 11.8 Å². The van der Waals surface area contributed by atoms with Gasteiger partial charge in [-0.3, -0.25) is 14.4 Å². The smallest absolute Gasteiger partial charge is 0.264 e. The SMILES string of the molecule is C[C@H]1[C@H]([Si](C)(C)O)[C@@H](CCO)O[C@]12C(=O)N(Cc1ccc(N3N=C(c4ccccc4)CCC3=O)cc1)c1ccc(N3N=C(c4ccccc4)CCC3=O)cc12. The van der Waals surface area contributed by atoms with Crippen molar-refractivity contribution >= 4 is 54.5 Å². The lowest BCUT2D eigenvalue weighted by Crippen LogP contribution is -2.46. The minimum atomic E-state index is -2.92. The van der Waals surface area contributed by atoms with Crippen LogP contribution in [0.3, 0.4) is 0 Å². The van der Waals surface area contributed by atoms with Gasteiger partial charge in [0, 0.05) is 49.3 Å². The number of aliphatic hydroxyl groups is 1. The molecule has 0 radical (unpaired) electrons. The summed E-state index contributed by atoms with van der Waals surface area (Å²) in [6.07, 6.45) is 1.46. The molecule has 4 aliphatic heterocycles. The summed E-state index contributed by atoms with van der Waals surface area (Å²) in [6.45, 7) is 5.72. The summed E-state index contributed by atoms with van der Waals surface area (Å²) in [5.74, 6) is -0.938. The summed E-state index contributed by atoms with van der Waals surface area (Å²) in [6, 6.07) is 32.6. The molecule has 12 heteroatoms. The zero-order valence-electron chi connectivity index (χ0n) is 31.3. The number of fused-ring (bicyclic) bond motifs is 2. The first-order chi connectivity index (χ1) is 26.5. The van der Waals surface area contributed by atoms with Crippen LogP contribution < -0.4 is 14.9 Å². The quantitative estimate of drug-likeness (QED) is 0.188. The maximum absolute atomic E-state index is 15.0. The summed E-state index contributed by atoms with van der Waals surface area (Å²) < 4.78 is 6.85. The number of carbonyl (C=O) groups excluding carboxylic acids is 3. The zero-order chi connectivity index (χ0) is 38.5. The average molecular weight is 756 g/mol. The topological polar surface area (TPSA) is 135 Å². The first-order valence-electron chi connectivity index (χ1n) is 19.0. The summed E-state index contributed by atoms with van der Waals surface area (Å²) in [5.41, 5.74) is 5.00.